The van der Waals surface area contributed by atoms with Crippen molar-refractivity contribution >= 4 is 17.3 Å². The number of hydrogen-bond donors (Lipinski definition) is 4. The summed E-state index contributed by atoms with van der Waals surface area (Å²) in [6, 6.07) is 19.3. The van der Waals surface area contributed by atoms with Crippen molar-refractivity contribution in [2.75, 3.05) is 4.90 Å². The summed E-state index contributed by atoms with van der Waals surface area (Å²) in [5.41, 5.74) is 7.39. The van der Waals surface area contributed by atoms with Crippen LogP contribution in [-0.4, -0.2) is 14.3 Å². The van der Waals surface area contributed by atoms with E-state index >= 15 is 0 Å². The molecule has 0 spiro atoms. The number of guanidine groups is 1. The molecule has 8 heteroatoms. The standard InChI is InChI=1S/C13H13N3.Cr.2H2O.2O/c14-13(15)16(11-7-3-1-4-8-11)12-9-5-2-6-10-12;;;;;/h1-10H,(H3,14,15);;2*1H2;;/q;+2;;;;/p-2. The van der Waals surface area contributed by atoms with E-state index in [1.807, 2.05) is 60.7 Å². The van der Waals surface area contributed by atoms with Crippen LogP contribution in [0.5, 0.6) is 0 Å². The van der Waals surface area contributed by atoms with Crippen molar-refractivity contribution in [3.63, 3.8) is 0 Å². The SMILES string of the molecule is N=C(N)N(c1ccccc1)c1ccccc1.[O]=[Cr](=[O])([OH])[OH]. The zero-order valence-corrected chi connectivity index (χ0v) is 12.2. The van der Waals surface area contributed by atoms with E-state index in [1.165, 1.54) is 0 Å². The van der Waals surface area contributed by atoms with Gasteiger partial charge >= 0.3 is 29.5 Å². The van der Waals surface area contributed by atoms with Gasteiger partial charge in [0.25, 0.3) is 0 Å². The van der Waals surface area contributed by atoms with E-state index in [2.05, 4.69) is 0 Å². The van der Waals surface area contributed by atoms with E-state index < -0.39 is 13.6 Å². The van der Waals surface area contributed by atoms with Crippen LogP contribution in [0.2, 0.25) is 0 Å². The molecule has 0 amide bonds. The summed E-state index contributed by atoms with van der Waals surface area (Å²) >= 11 is -5.25. The molecule has 0 aliphatic heterocycles. The first-order valence-electron chi connectivity index (χ1n) is 5.73. The van der Waals surface area contributed by atoms with Crippen LogP contribution in [-0.2, 0) is 21.2 Å². The van der Waals surface area contributed by atoms with Crippen molar-refractivity contribution in [1.29, 1.82) is 5.41 Å². The molecule has 2 rings (SSSR count). The molecule has 0 radical (unpaired) electrons. The molecule has 0 aromatic heterocycles. The van der Waals surface area contributed by atoms with Gasteiger partial charge in [0.05, 0.1) is 0 Å². The molecular weight excluding hydrogens is 314 g/mol. The molecule has 21 heavy (non-hydrogen) atoms. The topological polar surface area (TPSA) is 128 Å². The van der Waals surface area contributed by atoms with Gasteiger partial charge in [0.15, 0.2) is 5.96 Å². The Morgan fingerprint density at radius 3 is 1.43 bits per heavy atom. The van der Waals surface area contributed by atoms with E-state index in [-0.39, 0.29) is 5.96 Å². The van der Waals surface area contributed by atoms with Crippen molar-refractivity contribution in [2.45, 2.75) is 0 Å². The van der Waals surface area contributed by atoms with Gasteiger partial charge in [-0.2, -0.15) is 0 Å². The van der Waals surface area contributed by atoms with Crippen molar-refractivity contribution in [1.82, 2.24) is 0 Å². The van der Waals surface area contributed by atoms with Gasteiger partial charge in [0, 0.05) is 11.4 Å². The number of nitrogens with zero attached hydrogens (tertiary/aromatic N) is 1. The minimum absolute atomic E-state index is 0.0115. The first-order valence-corrected chi connectivity index (χ1v) is 7.91. The van der Waals surface area contributed by atoms with Gasteiger partial charge in [-0.25, -0.2) is 0 Å². The van der Waals surface area contributed by atoms with Crippen molar-refractivity contribution in [2.24, 2.45) is 5.73 Å². The fourth-order valence-electron chi connectivity index (χ4n) is 1.58. The van der Waals surface area contributed by atoms with Gasteiger partial charge in [-0.3, -0.25) is 10.3 Å². The molecule has 0 saturated heterocycles. The van der Waals surface area contributed by atoms with Crippen molar-refractivity contribution < 1.29 is 29.5 Å². The predicted octanol–water partition coefficient (Wildman–Crippen LogP) is 1.36. The number of nitrogens with one attached hydrogen (secondary N) is 1. The van der Waals surface area contributed by atoms with Crippen LogP contribution >= 0.6 is 0 Å². The van der Waals surface area contributed by atoms with E-state index in [4.69, 9.17) is 27.1 Å². The molecule has 0 unspecified atom stereocenters. The van der Waals surface area contributed by atoms with Crippen LogP contribution in [0.25, 0.3) is 0 Å². The van der Waals surface area contributed by atoms with Crippen LogP contribution in [0.3, 0.4) is 0 Å². The Balaban J connectivity index is 0.000000383. The Kier molecular flexibility index (Phi) is 6.02. The summed E-state index contributed by atoms with van der Waals surface area (Å²) in [7, 11) is 0. The van der Waals surface area contributed by atoms with Crippen LogP contribution < -0.4 is 10.6 Å². The fraction of sp³-hybridized carbons (Fsp3) is 0. The molecule has 5 N–H and O–H groups in total. The molecule has 2 aromatic rings. The second kappa shape index (κ2) is 7.52. The zero-order chi connectivity index (χ0) is 15.9. The molecule has 0 atom stereocenters. The van der Waals surface area contributed by atoms with E-state index in [0.29, 0.717) is 0 Å². The van der Waals surface area contributed by atoms with Crippen LogP contribution in [0.15, 0.2) is 60.7 Å². The van der Waals surface area contributed by atoms with E-state index in [0.717, 1.165) is 11.4 Å². The molecule has 0 aliphatic rings. The van der Waals surface area contributed by atoms with Crippen LogP contribution in [0.4, 0.5) is 11.4 Å². The maximum atomic E-state index is 8.82. The van der Waals surface area contributed by atoms with Crippen molar-refractivity contribution in [3.05, 3.63) is 60.7 Å². The molecule has 112 valence electrons. The molecule has 0 saturated carbocycles. The molecule has 0 fully saturated rings. The Labute approximate surface area is 124 Å². The number of benzene rings is 2. The first kappa shape index (κ1) is 16.8. The number of rotatable bonds is 2. The van der Waals surface area contributed by atoms with Gasteiger partial charge in [-0.1, -0.05) is 36.4 Å². The van der Waals surface area contributed by atoms with E-state index in [1.54, 1.807) is 4.90 Å². The number of hydrogen-bond acceptors (Lipinski definition) is 3. The van der Waals surface area contributed by atoms with Gasteiger partial charge in [-0.15, -0.1) is 0 Å². The second-order valence-corrected chi connectivity index (χ2v) is 5.24. The van der Waals surface area contributed by atoms with Gasteiger partial charge in [0.2, 0.25) is 0 Å². The second-order valence-electron chi connectivity index (χ2n) is 3.84. The minimum atomic E-state index is -5.25. The molecule has 0 aliphatic carbocycles. The summed E-state index contributed by atoms with van der Waals surface area (Å²) in [6.07, 6.45) is 0. The number of para-hydroxylation sites is 2. The third-order valence-electron chi connectivity index (χ3n) is 2.27. The summed E-state index contributed by atoms with van der Waals surface area (Å²) < 4.78 is 31.9. The summed E-state index contributed by atoms with van der Waals surface area (Å²) in [5.74, 6) is 0.0115. The normalized spacial score (nSPS) is 10.2. The molecule has 0 bridgehead atoms. The third kappa shape index (κ3) is 6.65. The van der Waals surface area contributed by atoms with Crippen molar-refractivity contribution in [3.8, 4) is 0 Å². The maximum absolute atomic E-state index is 8.82. The molecule has 2 aromatic carbocycles. The Bertz CT molecular complexity index is 628. The molecule has 7 nitrogen and oxygen atoms in total. The van der Waals surface area contributed by atoms with Crippen LogP contribution in [0, 0.1) is 5.41 Å². The quantitative estimate of drug-likeness (QED) is 0.486. The first-order chi connectivity index (χ1) is 9.79. The zero-order valence-electron chi connectivity index (χ0n) is 10.9. The van der Waals surface area contributed by atoms with E-state index in [9.17, 15) is 0 Å². The summed E-state index contributed by atoms with van der Waals surface area (Å²) in [6.45, 7) is 0. The average Bonchev–Trinajstić information content (AvgIpc) is 2.39. The monoisotopic (exact) mass is 329 g/mol. The molecule has 0 heterocycles. The fourth-order valence-corrected chi connectivity index (χ4v) is 1.58. The Hall–Kier alpha value is -2.24. The Morgan fingerprint density at radius 1 is 0.905 bits per heavy atom. The van der Waals surface area contributed by atoms with Gasteiger partial charge in [0.1, 0.15) is 0 Å². The van der Waals surface area contributed by atoms with Gasteiger partial charge in [-0.05, 0) is 24.3 Å². The third-order valence-corrected chi connectivity index (χ3v) is 2.27. The van der Waals surface area contributed by atoms with Crippen LogP contribution in [0.1, 0.15) is 0 Å². The average molecular weight is 329 g/mol. The number of nitrogens with two attached hydrogens (primary N) is 1. The number of anilines is 2. The van der Waals surface area contributed by atoms with Gasteiger partial charge < -0.3 is 5.73 Å². The molecular formula is C13H15CrN3O4. The Morgan fingerprint density at radius 2 is 1.19 bits per heavy atom. The predicted molar refractivity (Wildman–Crippen MR) is 72.7 cm³/mol. The summed E-state index contributed by atoms with van der Waals surface area (Å²) in [5, 5.41) is 7.63. The summed E-state index contributed by atoms with van der Waals surface area (Å²) in [4.78, 5) is 1.69.